The molecule has 0 aliphatic heterocycles. The maximum Gasteiger partial charge on any atom is 0.0674 e. The zero-order chi connectivity index (χ0) is 12.4. The maximum absolute atomic E-state index is 4.45. The number of hydrogen-bond donors (Lipinski definition) is 1. The van der Waals surface area contributed by atoms with Gasteiger partial charge in [-0.1, -0.05) is 24.3 Å². The minimum absolute atomic E-state index is 0.908. The van der Waals surface area contributed by atoms with Crippen molar-refractivity contribution in [3.63, 3.8) is 0 Å². The van der Waals surface area contributed by atoms with Crippen molar-refractivity contribution < 1.29 is 0 Å². The first-order valence-electron chi connectivity index (χ1n) is 5.87. The van der Waals surface area contributed by atoms with Crippen molar-refractivity contribution in [1.82, 2.24) is 15.1 Å². The van der Waals surface area contributed by atoms with Crippen molar-refractivity contribution in [1.29, 1.82) is 0 Å². The predicted octanol–water partition coefficient (Wildman–Crippen LogP) is 2.42. The monoisotopic (exact) mass is 229 g/mol. The van der Waals surface area contributed by atoms with E-state index in [-0.39, 0.29) is 0 Å². The Hall–Kier alpha value is -1.61. The van der Waals surface area contributed by atoms with Crippen LogP contribution in [-0.2, 0) is 13.6 Å². The van der Waals surface area contributed by atoms with Crippen LogP contribution in [-0.4, -0.2) is 16.8 Å². The molecule has 0 spiro atoms. The molecule has 1 heterocycles. The van der Waals surface area contributed by atoms with Gasteiger partial charge in [-0.2, -0.15) is 5.10 Å². The SMILES string of the molecule is CNCc1ccc(-c2c(C)nn(C)c2C)cc1. The van der Waals surface area contributed by atoms with Crippen molar-refractivity contribution in [2.45, 2.75) is 20.4 Å². The number of nitrogens with zero attached hydrogens (tertiary/aromatic N) is 2. The van der Waals surface area contributed by atoms with Gasteiger partial charge in [-0.3, -0.25) is 4.68 Å². The van der Waals surface area contributed by atoms with Crippen LogP contribution in [0.4, 0.5) is 0 Å². The lowest BCUT2D eigenvalue weighted by Gasteiger charge is -2.04. The van der Waals surface area contributed by atoms with Gasteiger partial charge in [0.25, 0.3) is 0 Å². The standard InChI is InChI=1S/C14H19N3/c1-10-14(11(2)17(4)16-10)13-7-5-12(6-8-13)9-15-3/h5-8,15H,9H2,1-4H3. The van der Waals surface area contributed by atoms with Crippen molar-refractivity contribution in [2.75, 3.05) is 7.05 Å². The Morgan fingerprint density at radius 3 is 2.29 bits per heavy atom. The molecule has 90 valence electrons. The summed E-state index contributed by atoms with van der Waals surface area (Å²) < 4.78 is 1.94. The molecule has 0 atom stereocenters. The summed E-state index contributed by atoms with van der Waals surface area (Å²) in [5.74, 6) is 0. The predicted molar refractivity (Wildman–Crippen MR) is 70.9 cm³/mol. The summed E-state index contributed by atoms with van der Waals surface area (Å²) in [7, 11) is 3.95. The quantitative estimate of drug-likeness (QED) is 0.876. The molecule has 0 aliphatic carbocycles. The van der Waals surface area contributed by atoms with Crippen molar-refractivity contribution in [3.05, 3.63) is 41.2 Å². The lowest BCUT2D eigenvalue weighted by Crippen LogP contribution is -2.04. The largest absolute Gasteiger partial charge is 0.316 e. The molecule has 17 heavy (non-hydrogen) atoms. The van der Waals surface area contributed by atoms with Crippen LogP contribution in [0.5, 0.6) is 0 Å². The highest BCUT2D eigenvalue weighted by Crippen LogP contribution is 2.26. The summed E-state index contributed by atoms with van der Waals surface area (Å²) in [6.07, 6.45) is 0. The molecule has 2 rings (SSSR count). The van der Waals surface area contributed by atoms with E-state index in [2.05, 4.69) is 48.5 Å². The summed E-state index contributed by atoms with van der Waals surface area (Å²) in [6.45, 7) is 5.08. The Kier molecular flexibility index (Phi) is 3.29. The molecule has 3 heteroatoms. The van der Waals surface area contributed by atoms with Crippen LogP contribution in [0.2, 0.25) is 0 Å². The van der Waals surface area contributed by atoms with E-state index in [0.29, 0.717) is 0 Å². The Labute approximate surface area is 102 Å². The number of benzene rings is 1. The van der Waals surface area contributed by atoms with E-state index >= 15 is 0 Å². The molecule has 0 radical (unpaired) electrons. The average Bonchev–Trinajstić information content (AvgIpc) is 2.55. The first-order valence-corrected chi connectivity index (χ1v) is 5.87. The molecule has 0 amide bonds. The number of aromatic nitrogens is 2. The second-order valence-corrected chi connectivity index (χ2v) is 4.40. The molecule has 0 unspecified atom stereocenters. The van der Waals surface area contributed by atoms with Gasteiger partial charge < -0.3 is 5.32 Å². The van der Waals surface area contributed by atoms with Crippen LogP contribution in [0.1, 0.15) is 17.0 Å². The van der Waals surface area contributed by atoms with Gasteiger partial charge in [-0.15, -0.1) is 0 Å². The Morgan fingerprint density at radius 1 is 1.18 bits per heavy atom. The second-order valence-electron chi connectivity index (χ2n) is 4.40. The van der Waals surface area contributed by atoms with Crippen molar-refractivity contribution >= 4 is 0 Å². The van der Waals surface area contributed by atoms with Crippen LogP contribution in [0.3, 0.4) is 0 Å². The summed E-state index contributed by atoms with van der Waals surface area (Å²) >= 11 is 0. The van der Waals surface area contributed by atoms with Gasteiger partial charge in [-0.05, 0) is 32.0 Å². The Bertz CT molecular complexity index is 509. The van der Waals surface area contributed by atoms with Crippen LogP contribution in [0.15, 0.2) is 24.3 Å². The van der Waals surface area contributed by atoms with Crippen LogP contribution in [0.25, 0.3) is 11.1 Å². The van der Waals surface area contributed by atoms with Gasteiger partial charge in [0.1, 0.15) is 0 Å². The van der Waals surface area contributed by atoms with E-state index < -0.39 is 0 Å². The highest BCUT2D eigenvalue weighted by atomic mass is 15.3. The van der Waals surface area contributed by atoms with E-state index in [0.717, 1.165) is 12.2 Å². The van der Waals surface area contributed by atoms with Crippen molar-refractivity contribution in [3.8, 4) is 11.1 Å². The third kappa shape index (κ3) is 2.24. The molecule has 0 saturated heterocycles. The summed E-state index contributed by atoms with van der Waals surface area (Å²) in [6, 6.07) is 8.67. The van der Waals surface area contributed by atoms with Gasteiger partial charge in [0, 0.05) is 24.8 Å². The fourth-order valence-corrected chi connectivity index (χ4v) is 2.18. The molecule has 0 aliphatic rings. The Morgan fingerprint density at radius 2 is 1.82 bits per heavy atom. The normalized spacial score (nSPS) is 10.8. The fourth-order valence-electron chi connectivity index (χ4n) is 2.18. The fraction of sp³-hybridized carbons (Fsp3) is 0.357. The first-order chi connectivity index (χ1) is 8.13. The Balaban J connectivity index is 2.39. The van der Waals surface area contributed by atoms with Crippen molar-refractivity contribution in [2.24, 2.45) is 7.05 Å². The average molecular weight is 229 g/mol. The second kappa shape index (κ2) is 4.72. The highest BCUT2D eigenvalue weighted by Gasteiger charge is 2.10. The smallest absolute Gasteiger partial charge is 0.0674 e. The number of hydrogen-bond acceptors (Lipinski definition) is 2. The lowest BCUT2D eigenvalue weighted by atomic mass is 10.0. The summed E-state index contributed by atoms with van der Waals surface area (Å²) in [4.78, 5) is 0. The van der Waals surface area contributed by atoms with Crippen LogP contribution < -0.4 is 5.32 Å². The van der Waals surface area contributed by atoms with Crippen LogP contribution >= 0.6 is 0 Å². The maximum atomic E-state index is 4.45. The minimum Gasteiger partial charge on any atom is -0.316 e. The summed E-state index contributed by atoms with van der Waals surface area (Å²) in [5.41, 5.74) is 6.10. The van der Waals surface area contributed by atoms with Gasteiger partial charge in [0.15, 0.2) is 0 Å². The molecular weight excluding hydrogens is 210 g/mol. The molecule has 0 saturated carbocycles. The topological polar surface area (TPSA) is 29.9 Å². The number of nitrogens with one attached hydrogen (secondary N) is 1. The molecule has 0 bridgehead atoms. The van der Waals surface area contributed by atoms with E-state index in [1.54, 1.807) is 0 Å². The van der Waals surface area contributed by atoms with Gasteiger partial charge in [0.2, 0.25) is 0 Å². The van der Waals surface area contributed by atoms with Gasteiger partial charge in [0.05, 0.1) is 5.69 Å². The minimum atomic E-state index is 0.908. The van der Waals surface area contributed by atoms with Gasteiger partial charge in [-0.25, -0.2) is 0 Å². The summed E-state index contributed by atoms with van der Waals surface area (Å²) in [5, 5.41) is 7.60. The zero-order valence-electron chi connectivity index (χ0n) is 10.9. The van der Waals surface area contributed by atoms with Gasteiger partial charge >= 0.3 is 0 Å². The molecule has 1 aromatic carbocycles. The lowest BCUT2D eigenvalue weighted by molar-refractivity contribution is 0.731. The van der Waals surface area contributed by atoms with E-state index in [1.807, 2.05) is 18.8 Å². The molecule has 3 nitrogen and oxygen atoms in total. The molecule has 0 fully saturated rings. The first kappa shape index (κ1) is 11.9. The van der Waals surface area contributed by atoms with Crippen LogP contribution in [0, 0.1) is 13.8 Å². The van der Waals surface area contributed by atoms with E-state index in [1.165, 1.54) is 22.4 Å². The number of aryl methyl sites for hydroxylation is 2. The molecular formula is C14H19N3. The third-order valence-corrected chi connectivity index (χ3v) is 3.13. The third-order valence-electron chi connectivity index (χ3n) is 3.13. The molecule has 1 aromatic heterocycles. The van der Waals surface area contributed by atoms with E-state index in [9.17, 15) is 0 Å². The zero-order valence-corrected chi connectivity index (χ0v) is 10.9. The number of rotatable bonds is 3. The molecule has 2 aromatic rings. The molecule has 1 N–H and O–H groups in total. The highest BCUT2D eigenvalue weighted by molar-refractivity contribution is 5.68. The van der Waals surface area contributed by atoms with E-state index in [4.69, 9.17) is 0 Å².